The Bertz CT molecular complexity index is 861. The van der Waals surface area contributed by atoms with E-state index in [4.69, 9.17) is 9.47 Å². The van der Waals surface area contributed by atoms with Crippen molar-refractivity contribution >= 4 is 17.6 Å². The van der Waals surface area contributed by atoms with Gasteiger partial charge in [-0.15, -0.1) is 0 Å². The topological polar surface area (TPSA) is 72.9 Å². The smallest absolute Gasteiger partial charge is 0.270 e. The average Bonchev–Trinajstić information content (AvgIpc) is 2.73. The van der Waals surface area contributed by atoms with Gasteiger partial charge in [0.15, 0.2) is 11.9 Å². The van der Waals surface area contributed by atoms with E-state index >= 15 is 0 Å². The van der Waals surface area contributed by atoms with Gasteiger partial charge >= 0.3 is 0 Å². The van der Waals surface area contributed by atoms with Gasteiger partial charge in [0.25, 0.3) is 11.8 Å². The Morgan fingerprint density at radius 1 is 1.12 bits per heavy atom. The lowest BCUT2D eigenvalue weighted by Crippen LogP contribution is -2.44. The second kappa shape index (κ2) is 7.39. The molecule has 0 unspecified atom stereocenters. The minimum absolute atomic E-state index is 0.260. The quantitative estimate of drug-likeness (QED) is 0.610. The van der Waals surface area contributed by atoms with Gasteiger partial charge in [0, 0.05) is 0 Å². The highest BCUT2D eigenvalue weighted by Crippen LogP contribution is 2.26. The Hall–Kier alpha value is -3.15. The lowest BCUT2D eigenvalue weighted by atomic mass is 10.1. The van der Waals surface area contributed by atoms with E-state index in [1.807, 2.05) is 6.92 Å². The molecule has 2 amide bonds. The van der Waals surface area contributed by atoms with Gasteiger partial charge < -0.3 is 9.47 Å². The molecular formula is C20H19NO5. The molecule has 6 heteroatoms. The van der Waals surface area contributed by atoms with Crippen LogP contribution in [0.3, 0.4) is 0 Å². The summed E-state index contributed by atoms with van der Waals surface area (Å²) < 4.78 is 11.0. The Kier molecular flexibility index (Phi) is 5.02. The maximum atomic E-state index is 12.8. The summed E-state index contributed by atoms with van der Waals surface area (Å²) in [5.41, 5.74) is 0.595. The van der Waals surface area contributed by atoms with Crippen LogP contribution in [0.25, 0.3) is 0 Å². The molecule has 2 aromatic rings. The third-order valence-corrected chi connectivity index (χ3v) is 4.07. The van der Waals surface area contributed by atoms with E-state index in [0.29, 0.717) is 23.7 Å². The summed E-state index contributed by atoms with van der Waals surface area (Å²) in [7, 11) is 0. The maximum absolute atomic E-state index is 12.8. The van der Waals surface area contributed by atoms with Gasteiger partial charge in [0.05, 0.1) is 24.3 Å². The lowest BCUT2D eigenvalue weighted by Gasteiger charge is -2.20. The Morgan fingerprint density at radius 3 is 2.58 bits per heavy atom. The second-order valence-corrected chi connectivity index (χ2v) is 5.84. The summed E-state index contributed by atoms with van der Waals surface area (Å²) in [4.78, 5) is 39.1. The largest absolute Gasteiger partial charge is 0.493 e. The van der Waals surface area contributed by atoms with Gasteiger partial charge in [0.1, 0.15) is 11.5 Å². The third kappa shape index (κ3) is 3.31. The van der Waals surface area contributed by atoms with Crippen LogP contribution in [0.2, 0.25) is 0 Å². The van der Waals surface area contributed by atoms with Crippen LogP contribution in [0.1, 0.15) is 34.6 Å². The van der Waals surface area contributed by atoms with Crippen molar-refractivity contribution in [3.05, 3.63) is 59.7 Å². The predicted molar refractivity (Wildman–Crippen MR) is 94.5 cm³/mol. The molecule has 1 aliphatic heterocycles. The van der Waals surface area contributed by atoms with Crippen molar-refractivity contribution in [3.8, 4) is 11.5 Å². The van der Waals surface area contributed by atoms with Gasteiger partial charge in [-0.05, 0) is 38.1 Å². The number of amides is 2. The molecule has 2 aromatic carbocycles. The number of rotatable bonds is 5. The van der Waals surface area contributed by atoms with Crippen molar-refractivity contribution in [2.24, 2.45) is 0 Å². The van der Waals surface area contributed by atoms with Crippen LogP contribution in [0.4, 0.5) is 0 Å². The first-order chi connectivity index (χ1) is 12.5. The molecule has 3 rings (SSSR count). The van der Waals surface area contributed by atoms with E-state index in [2.05, 4.69) is 0 Å². The number of benzene rings is 2. The molecule has 26 heavy (non-hydrogen) atoms. The van der Waals surface area contributed by atoms with Crippen LogP contribution in [0, 0.1) is 0 Å². The molecule has 0 radical (unpaired) electrons. The fourth-order valence-electron chi connectivity index (χ4n) is 2.81. The highest BCUT2D eigenvalue weighted by Gasteiger charge is 2.35. The van der Waals surface area contributed by atoms with Crippen LogP contribution < -0.4 is 9.47 Å². The number of hydrogen-bond acceptors (Lipinski definition) is 5. The van der Waals surface area contributed by atoms with E-state index in [-0.39, 0.29) is 17.9 Å². The van der Waals surface area contributed by atoms with Crippen molar-refractivity contribution in [2.75, 3.05) is 13.2 Å². The molecule has 0 saturated heterocycles. The van der Waals surface area contributed by atoms with E-state index in [1.165, 1.54) is 0 Å². The SMILES string of the molecule is CCOc1ccccc1C(=O)CN1C(=O)c2ccccc2O[C@H](C)C1=O. The second-order valence-electron chi connectivity index (χ2n) is 5.84. The van der Waals surface area contributed by atoms with Gasteiger partial charge in [-0.3, -0.25) is 19.3 Å². The fraction of sp³-hybridized carbons (Fsp3) is 0.250. The third-order valence-electron chi connectivity index (χ3n) is 4.07. The van der Waals surface area contributed by atoms with Crippen molar-refractivity contribution in [1.29, 1.82) is 0 Å². The number of fused-ring (bicyclic) bond motifs is 1. The molecule has 1 aliphatic rings. The molecule has 1 heterocycles. The summed E-state index contributed by atoms with van der Waals surface area (Å²) in [5, 5.41) is 0. The standard InChI is InChI=1S/C20H19NO5/c1-3-25-17-10-6-4-8-14(17)16(22)12-21-19(23)13(2)26-18-11-7-5-9-15(18)20(21)24/h4-11,13H,3,12H2,1-2H3/t13-/m1/s1. The fourth-order valence-corrected chi connectivity index (χ4v) is 2.81. The summed E-state index contributed by atoms with van der Waals surface area (Å²) in [5.74, 6) is -0.699. The number of ketones is 1. The van der Waals surface area contributed by atoms with Gasteiger partial charge in [0.2, 0.25) is 0 Å². The summed E-state index contributed by atoms with van der Waals surface area (Å²) in [6.07, 6.45) is -0.863. The van der Waals surface area contributed by atoms with Crippen molar-refractivity contribution in [2.45, 2.75) is 20.0 Å². The number of nitrogens with zero attached hydrogens (tertiary/aromatic N) is 1. The first kappa shape index (κ1) is 17.7. The molecule has 0 aromatic heterocycles. The monoisotopic (exact) mass is 353 g/mol. The summed E-state index contributed by atoms with van der Waals surface area (Å²) >= 11 is 0. The molecule has 0 bridgehead atoms. The summed E-state index contributed by atoms with van der Waals surface area (Å²) in [6.45, 7) is 3.41. The minimum Gasteiger partial charge on any atom is -0.493 e. The number of hydrogen-bond donors (Lipinski definition) is 0. The normalized spacial score (nSPS) is 16.5. The average molecular weight is 353 g/mol. The Morgan fingerprint density at radius 2 is 1.81 bits per heavy atom. The molecule has 134 valence electrons. The minimum atomic E-state index is -0.863. The lowest BCUT2D eigenvalue weighted by molar-refractivity contribution is -0.134. The maximum Gasteiger partial charge on any atom is 0.270 e. The molecule has 0 aliphatic carbocycles. The number of ether oxygens (including phenoxy) is 2. The zero-order chi connectivity index (χ0) is 18.7. The van der Waals surface area contributed by atoms with Crippen molar-refractivity contribution < 1.29 is 23.9 Å². The van der Waals surface area contributed by atoms with Crippen LogP contribution in [0.15, 0.2) is 48.5 Å². The zero-order valence-corrected chi connectivity index (χ0v) is 14.6. The predicted octanol–water partition coefficient (Wildman–Crippen LogP) is 2.72. The van der Waals surface area contributed by atoms with Crippen molar-refractivity contribution in [1.82, 2.24) is 4.90 Å². The highest BCUT2D eigenvalue weighted by atomic mass is 16.5. The number of carbonyl (C=O) groups excluding carboxylic acids is 3. The number of Topliss-reactive ketones (excluding diaryl/α,β-unsaturated/α-hetero) is 1. The molecule has 0 spiro atoms. The van der Waals surface area contributed by atoms with Crippen LogP contribution in [-0.2, 0) is 4.79 Å². The Labute approximate surface area is 151 Å². The number of imide groups is 1. The molecule has 0 fully saturated rings. The highest BCUT2D eigenvalue weighted by molar-refractivity contribution is 6.12. The molecule has 0 saturated carbocycles. The van der Waals surface area contributed by atoms with Crippen LogP contribution in [-0.4, -0.2) is 41.8 Å². The first-order valence-electron chi connectivity index (χ1n) is 8.39. The number of para-hydroxylation sites is 2. The molecule has 1 atom stereocenters. The first-order valence-corrected chi connectivity index (χ1v) is 8.39. The number of carbonyl (C=O) groups is 3. The molecule has 0 N–H and O–H groups in total. The Balaban J connectivity index is 1.92. The van der Waals surface area contributed by atoms with E-state index < -0.39 is 17.9 Å². The van der Waals surface area contributed by atoms with E-state index in [1.54, 1.807) is 55.5 Å². The summed E-state index contributed by atoms with van der Waals surface area (Å²) in [6, 6.07) is 13.4. The van der Waals surface area contributed by atoms with Gasteiger partial charge in [-0.1, -0.05) is 24.3 Å². The molecule has 6 nitrogen and oxygen atoms in total. The van der Waals surface area contributed by atoms with Gasteiger partial charge in [-0.25, -0.2) is 0 Å². The van der Waals surface area contributed by atoms with Gasteiger partial charge in [-0.2, -0.15) is 0 Å². The van der Waals surface area contributed by atoms with E-state index in [0.717, 1.165) is 4.90 Å². The zero-order valence-electron chi connectivity index (χ0n) is 14.6. The molecular weight excluding hydrogens is 334 g/mol. The van der Waals surface area contributed by atoms with E-state index in [9.17, 15) is 14.4 Å². The van der Waals surface area contributed by atoms with Crippen LogP contribution in [0.5, 0.6) is 11.5 Å². The van der Waals surface area contributed by atoms with Crippen LogP contribution >= 0.6 is 0 Å². The van der Waals surface area contributed by atoms with Crippen molar-refractivity contribution in [3.63, 3.8) is 0 Å².